The number of nitrogens with zero attached hydrogens (tertiary/aromatic N) is 6. The van der Waals surface area contributed by atoms with Gasteiger partial charge in [-0.15, -0.1) is 22.1 Å². The van der Waals surface area contributed by atoms with E-state index < -0.39 is 0 Å². The molecule has 0 atom stereocenters. The van der Waals surface area contributed by atoms with Gasteiger partial charge in [0.1, 0.15) is 24.7 Å². The van der Waals surface area contributed by atoms with E-state index in [0.29, 0.717) is 13.2 Å². The third-order valence-electron chi connectivity index (χ3n) is 10.3. The number of hydrogen-bond acceptors (Lipinski definition) is 4. The zero-order valence-corrected chi connectivity index (χ0v) is 35.1. The van der Waals surface area contributed by atoms with Gasteiger partial charge in [-0.25, -0.2) is 9.97 Å². The van der Waals surface area contributed by atoms with Crippen LogP contribution in [-0.2, 0) is 6.42 Å². The molecule has 0 N–H and O–H groups in total. The summed E-state index contributed by atoms with van der Waals surface area (Å²) in [5.41, 5.74) is 10.3. The highest BCUT2D eigenvalue weighted by Crippen LogP contribution is 2.36. The molecule has 0 aliphatic carbocycles. The number of rotatable bonds is 20. The lowest BCUT2D eigenvalue weighted by atomic mass is 10.0. The molecule has 0 saturated heterocycles. The minimum absolute atomic E-state index is 0.590. The normalized spacial score (nSPS) is 12.8. The second-order valence-corrected chi connectivity index (χ2v) is 17.5. The fourth-order valence-corrected chi connectivity index (χ4v) is 7.23. The van der Waals surface area contributed by atoms with Crippen LogP contribution in [0.25, 0.3) is 57.5 Å². The minimum atomic E-state index is 0.590. The van der Waals surface area contributed by atoms with E-state index in [4.69, 9.17) is 29.4 Å². The summed E-state index contributed by atoms with van der Waals surface area (Å²) in [6.07, 6.45) is 21.9. The van der Waals surface area contributed by atoms with Crippen LogP contribution in [-0.4, -0.2) is 87.5 Å². The Bertz CT molecular complexity index is 2050. The molecule has 298 valence electrons. The van der Waals surface area contributed by atoms with E-state index in [2.05, 4.69) is 122 Å². The van der Waals surface area contributed by atoms with Crippen LogP contribution in [0.15, 0.2) is 54.6 Å². The van der Waals surface area contributed by atoms with Crippen LogP contribution in [0.1, 0.15) is 99.5 Å². The molecule has 8 nitrogen and oxygen atoms in total. The number of quaternary nitrogens is 2. The number of fused-ring (bicyclic) bond motifs is 8. The third kappa shape index (κ3) is 12.2. The largest absolute Gasteiger partial charge is 0.658 e. The molecule has 0 radical (unpaired) electrons. The molecule has 0 unspecified atom stereocenters. The molecule has 4 aromatic rings. The first-order valence-electron chi connectivity index (χ1n) is 20.9. The molecule has 5 heterocycles. The van der Waals surface area contributed by atoms with Gasteiger partial charge in [-0.2, -0.15) is 0 Å². The Hall–Kier alpha value is -4.66. The number of aromatic nitrogens is 4. The summed E-state index contributed by atoms with van der Waals surface area (Å²) in [7, 11) is 13.2. The molecule has 56 heavy (non-hydrogen) atoms. The topological polar surface area (TPSA) is 72.4 Å². The van der Waals surface area contributed by atoms with Crippen molar-refractivity contribution < 1.29 is 18.4 Å². The van der Waals surface area contributed by atoms with Crippen molar-refractivity contribution in [1.82, 2.24) is 19.9 Å². The fraction of sp³-hybridized carbons (Fsp3) is 0.458. The average molecular weight is 757 g/mol. The Morgan fingerprint density at radius 3 is 1.59 bits per heavy atom. The average Bonchev–Trinajstić information content (AvgIpc) is 3.97. The van der Waals surface area contributed by atoms with Crippen molar-refractivity contribution in [3.05, 3.63) is 82.9 Å². The van der Waals surface area contributed by atoms with Gasteiger partial charge in [0.2, 0.25) is 0 Å². The summed E-state index contributed by atoms with van der Waals surface area (Å²) in [4.78, 5) is 20.6. The maximum Gasteiger partial charge on any atom is 0.137 e. The smallest absolute Gasteiger partial charge is 0.137 e. The fourth-order valence-electron chi connectivity index (χ4n) is 7.23. The maximum atomic E-state index is 6.41. The van der Waals surface area contributed by atoms with Crippen molar-refractivity contribution in [2.75, 3.05) is 68.6 Å². The zero-order valence-electron chi connectivity index (χ0n) is 35.1. The SMILES string of the molecule is CCCCCCCCCCCc1c2ccc(cc3nc(c(-c4cc(OCCC[N+](C)(C)C)cc(OCC[N+](C)(C)C)c4)c4nc(cc5ccc1[n-]5)C=C4)C=C3)[n-]2. The predicted octanol–water partition coefficient (Wildman–Crippen LogP) is 10.2. The molecule has 8 heteroatoms. The minimum Gasteiger partial charge on any atom is -0.658 e. The maximum absolute atomic E-state index is 6.41. The van der Waals surface area contributed by atoms with Crippen LogP contribution in [0.5, 0.6) is 11.5 Å². The Morgan fingerprint density at radius 1 is 0.536 bits per heavy atom. The van der Waals surface area contributed by atoms with E-state index in [1.165, 1.54) is 56.9 Å². The Kier molecular flexibility index (Phi) is 13.9. The van der Waals surface area contributed by atoms with E-state index >= 15 is 0 Å². The Labute approximate surface area is 335 Å². The Morgan fingerprint density at radius 2 is 1.05 bits per heavy atom. The van der Waals surface area contributed by atoms with Crippen molar-refractivity contribution in [1.29, 1.82) is 0 Å². The van der Waals surface area contributed by atoms with Gasteiger partial charge >= 0.3 is 0 Å². The van der Waals surface area contributed by atoms with Crippen LogP contribution in [0.3, 0.4) is 0 Å². The molecular formula is C48H64N6O2. The standard InChI is InChI=1S/C48H64N6O2/c1-8-9-10-11-12-13-14-15-16-18-43-44-23-19-37(49-44)33-39-21-25-46(51-39)48(47-26-22-40(52-47)34-38-20-24-45(43)50-38)36-31-41(55-29-17-27-53(2,3)4)35-42(32-36)56-30-28-54(5,6)7/h19-26,31-35H,8-18,27-30H2,1-7H3. The first kappa shape index (κ1) is 41.0. The number of aryl methyl sites for hydroxylation is 1. The number of unbranched alkanes of at least 4 members (excludes halogenated alkanes) is 8. The lowest BCUT2D eigenvalue weighted by molar-refractivity contribution is -0.870. The molecule has 2 aliphatic rings. The summed E-state index contributed by atoms with van der Waals surface area (Å²) in [5.74, 6) is 1.54. The number of hydrogen-bond donors (Lipinski definition) is 0. The predicted molar refractivity (Wildman–Crippen MR) is 235 cm³/mol. The van der Waals surface area contributed by atoms with Crippen molar-refractivity contribution in [3.63, 3.8) is 0 Å². The highest BCUT2D eigenvalue weighted by molar-refractivity contribution is 5.89. The van der Waals surface area contributed by atoms with E-state index in [-0.39, 0.29) is 0 Å². The van der Waals surface area contributed by atoms with Crippen molar-refractivity contribution in [3.8, 4) is 22.6 Å². The van der Waals surface area contributed by atoms with Gasteiger partial charge in [0.15, 0.2) is 0 Å². The number of benzene rings is 1. The van der Waals surface area contributed by atoms with E-state index in [1.807, 2.05) is 6.07 Å². The van der Waals surface area contributed by atoms with Gasteiger partial charge in [-0.1, -0.05) is 100 Å². The second kappa shape index (κ2) is 19.0. The van der Waals surface area contributed by atoms with Crippen LogP contribution in [0, 0.1) is 0 Å². The molecular weight excluding hydrogens is 693 g/mol. The summed E-state index contributed by atoms with van der Waals surface area (Å²) in [5, 5.41) is 0. The van der Waals surface area contributed by atoms with Gasteiger partial charge < -0.3 is 28.4 Å². The molecule has 0 amide bonds. The van der Waals surface area contributed by atoms with Crippen molar-refractivity contribution in [2.24, 2.45) is 0 Å². The molecule has 8 bridgehead atoms. The van der Waals surface area contributed by atoms with E-state index in [0.717, 1.165) is 109 Å². The monoisotopic (exact) mass is 757 g/mol. The van der Waals surface area contributed by atoms with Gasteiger partial charge in [0, 0.05) is 18.1 Å². The molecule has 3 aromatic heterocycles. The van der Waals surface area contributed by atoms with Crippen molar-refractivity contribution in [2.45, 2.75) is 77.6 Å². The second-order valence-electron chi connectivity index (χ2n) is 17.5. The summed E-state index contributed by atoms with van der Waals surface area (Å²) < 4.78 is 14.5. The lowest BCUT2D eigenvalue weighted by Gasteiger charge is -2.24. The highest BCUT2D eigenvalue weighted by Gasteiger charge is 2.17. The van der Waals surface area contributed by atoms with Gasteiger partial charge in [0.05, 0.1) is 78.2 Å². The quantitative estimate of drug-likeness (QED) is 0.0571. The summed E-state index contributed by atoms with van der Waals surface area (Å²) in [6, 6.07) is 18.8. The van der Waals surface area contributed by atoms with Crippen LogP contribution >= 0.6 is 0 Å². The van der Waals surface area contributed by atoms with Gasteiger partial charge in [0.25, 0.3) is 0 Å². The molecule has 0 fully saturated rings. The van der Waals surface area contributed by atoms with Crippen LogP contribution in [0.2, 0.25) is 0 Å². The van der Waals surface area contributed by atoms with E-state index in [9.17, 15) is 0 Å². The first-order chi connectivity index (χ1) is 26.9. The molecule has 2 aliphatic heterocycles. The third-order valence-corrected chi connectivity index (χ3v) is 10.3. The molecule has 0 saturated carbocycles. The number of ether oxygens (including phenoxy) is 2. The van der Waals surface area contributed by atoms with Crippen molar-refractivity contribution >= 4 is 46.4 Å². The Balaban J connectivity index is 1.37. The summed E-state index contributed by atoms with van der Waals surface area (Å²) in [6.45, 7) is 5.39. The highest BCUT2D eigenvalue weighted by atomic mass is 16.5. The van der Waals surface area contributed by atoms with Crippen LogP contribution < -0.4 is 19.4 Å². The molecule has 6 rings (SSSR count). The van der Waals surface area contributed by atoms with E-state index in [1.54, 1.807) is 0 Å². The number of likely N-dealkylation sites (N-methyl/N-ethyl adjacent to an activating group) is 1. The zero-order chi connectivity index (χ0) is 39.5. The van der Waals surface area contributed by atoms with Gasteiger partial charge in [-0.05, 0) is 54.8 Å². The summed E-state index contributed by atoms with van der Waals surface area (Å²) >= 11 is 0. The first-order valence-corrected chi connectivity index (χ1v) is 20.9. The van der Waals surface area contributed by atoms with Crippen LogP contribution in [0.4, 0.5) is 0 Å². The molecule has 1 aromatic carbocycles. The molecule has 0 spiro atoms. The lowest BCUT2D eigenvalue weighted by Crippen LogP contribution is -2.38. The van der Waals surface area contributed by atoms with Gasteiger partial charge in [-0.3, -0.25) is 0 Å².